The molecule has 4 nitrogen and oxygen atoms in total. The number of nitrogens with one attached hydrogen (secondary N) is 1. The van der Waals surface area contributed by atoms with Crippen LogP contribution in [0.3, 0.4) is 0 Å². The summed E-state index contributed by atoms with van der Waals surface area (Å²) < 4.78 is 0. The molecule has 2 fully saturated rings. The van der Waals surface area contributed by atoms with Crippen LogP contribution < -0.4 is 5.32 Å². The molecule has 2 bridgehead atoms. The molecule has 1 amide bonds. The fraction of sp³-hybridized carbons (Fsp3) is 0.455. The number of rotatable bonds is 5. The zero-order valence-corrected chi connectivity index (χ0v) is 15.6. The highest BCUT2D eigenvalue weighted by Gasteiger charge is 2.55. The van der Waals surface area contributed by atoms with Gasteiger partial charge in [0.15, 0.2) is 0 Å². The van der Waals surface area contributed by atoms with Crippen molar-refractivity contribution in [3.8, 4) is 0 Å². The number of nitrogens with zero attached hydrogens (tertiary/aromatic N) is 2. The normalized spacial score (nSPS) is 26.0. The van der Waals surface area contributed by atoms with Gasteiger partial charge in [-0.15, -0.1) is 0 Å². The molecular formula is C22H27N3O. The number of carbonyl (C=O) groups is 1. The lowest BCUT2D eigenvalue weighted by Crippen LogP contribution is -2.52. The number of amides is 1. The van der Waals surface area contributed by atoms with Gasteiger partial charge in [0, 0.05) is 29.5 Å². The Morgan fingerprint density at radius 1 is 1.27 bits per heavy atom. The van der Waals surface area contributed by atoms with Crippen molar-refractivity contribution in [2.45, 2.75) is 57.2 Å². The molecule has 3 heterocycles. The van der Waals surface area contributed by atoms with Crippen LogP contribution in [-0.4, -0.2) is 33.9 Å². The van der Waals surface area contributed by atoms with E-state index < -0.39 is 0 Å². The molecular weight excluding hydrogens is 322 g/mol. The highest BCUT2D eigenvalue weighted by atomic mass is 16.1. The molecule has 4 rings (SSSR count). The molecule has 0 aliphatic carbocycles. The quantitative estimate of drug-likeness (QED) is 0.891. The van der Waals surface area contributed by atoms with Crippen molar-refractivity contribution in [1.82, 2.24) is 15.2 Å². The van der Waals surface area contributed by atoms with Gasteiger partial charge in [-0.05, 0) is 56.3 Å². The third-order valence-electron chi connectivity index (χ3n) is 6.39. The van der Waals surface area contributed by atoms with E-state index in [0.29, 0.717) is 11.6 Å². The first-order valence-corrected chi connectivity index (χ1v) is 9.69. The predicted octanol–water partition coefficient (Wildman–Crippen LogP) is 3.88. The lowest BCUT2D eigenvalue weighted by molar-refractivity contribution is 0.0796. The predicted molar refractivity (Wildman–Crippen MR) is 103 cm³/mol. The summed E-state index contributed by atoms with van der Waals surface area (Å²) in [7, 11) is 0. The molecule has 2 saturated heterocycles. The van der Waals surface area contributed by atoms with E-state index >= 15 is 0 Å². The number of likely N-dealkylation sites (N-methyl/N-ethyl adjacent to an activating group) is 1. The van der Waals surface area contributed by atoms with Crippen molar-refractivity contribution in [2.24, 2.45) is 0 Å². The highest BCUT2D eigenvalue weighted by Crippen LogP contribution is 2.52. The van der Waals surface area contributed by atoms with Crippen LogP contribution in [0.25, 0.3) is 0 Å². The van der Waals surface area contributed by atoms with Crippen LogP contribution in [0.5, 0.6) is 0 Å². The first-order valence-electron chi connectivity index (χ1n) is 9.69. The molecule has 1 aromatic carbocycles. The molecule has 2 aromatic rings. The van der Waals surface area contributed by atoms with Gasteiger partial charge in [0.2, 0.25) is 0 Å². The summed E-state index contributed by atoms with van der Waals surface area (Å²) in [5, 5.41) is 3.41. The number of benzene rings is 1. The Morgan fingerprint density at radius 3 is 2.65 bits per heavy atom. The van der Waals surface area contributed by atoms with Gasteiger partial charge >= 0.3 is 0 Å². The number of fused-ring (bicyclic) bond motifs is 2. The number of aryl methyl sites for hydroxylation is 1. The van der Waals surface area contributed by atoms with Gasteiger partial charge < -0.3 is 5.32 Å². The Morgan fingerprint density at radius 2 is 2.00 bits per heavy atom. The van der Waals surface area contributed by atoms with Crippen molar-refractivity contribution in [3.63, 3.8) is 0 Å². The number of hydrogen-bond donors (Lipinski definition) is 1. The molecule has 136 valence electrons. The van der Waals surface area contributed by atoms with Crippen molar-refractivity contribution in [3.05, 3.63) is 65.5 Å². The minimum Gasteiger partial charge on any atom is -0.343 e. The molecule has 26 heavy (non-hydrogen) atoms. The van der Waals surface area contributed by atoms with Gasteiger partial charge in [0.05, 0.1) is 6.04 Å². The second-order valence-electron chi connectivity index (χ2n) is 7.63. The summed E-state index contributed by atoms with van der Waals surface area (Å²) >= 11 is 0. The van der Waals surface area contributed by atoms with Crippen LogP contribution in [0, 0.1) is 6.92 Å². The molecule has 1 aromatic heterocycles. The summed E-state index contributed by atoms with van der Waals surface area (Å²) in [6.07, 6.45) is 8.23. The topological polar surface area (TPSA) is 45.2 Å². The van der Waals surface area contributed by atoms with Gasteiger partial charge in [-0.2, -0.15) is 0 Å². The number of aromatic nitrogens is 1. The fourth-order valence-electron chi connectivity index (χ4n) is 5.20. The third-order valence-corrected chi connectivity index (χ3v) is 6.39. The second kappa shape index (κ2) is 6.84. The van der Waals surface area contributed by atoms with Gasteiger partial charge in [0.1, 0.15) is 0 Å². The van der Waals surface area contributed by atoms with Crippen LogP contribution in [-0.2, 0) is 0 Å². The lowest BCUT2D eigenvalue weighted by atomic mass is 9.78. The fourth-order valence-corrected chi connectivity index (χ4v) is 5.20. The number of pyridine rings is 1. The van der Waals surface area contributed by atoms with E-state index in [-0.39, 0.29) is 17.5 Å². The van der Waals surface area contributed by atoms with E-state index in [1.54, 1.807) is 12.4 Å². The number of hydrogen-bond acceptors (Lipinski definition) is 3. The van der Waals surface area contributed by atoms with E-state index in [1.165, 1.54) is 18.4 Å². The minimum absolute atomic E-state index is 0.000434. The molecule has 0 spiro atoms. The van der Waals surface area contributed by atoms with Crippen LogP contribution in [0.1, 0.15) is 60.1 Å². The second-order valence-corrected chi connectivity index (χ2v) is 7.63. The Bertz CT molecular complexity index is 781. The van der Waals surface area contributed by atoms with Gasteiger partial charge in [-0.1, -0.05) is 37.3 Å². The Balaban J connectivity index is 1.71. The molecule has 0 radical (unpaired) electrons. The van der Waals surface area contributed by atoms with Crippen molar-refractivity contribution in [1.29, 1.82) is 0 Å². The molecule has 1 N–H and O–H groups in total. The van der Waals surface area contributed by atoms with Gasteiger partial charge in [-0.3, -0.25) is 14.7 Å². The van der Waals surface area contributed by atoms with Gasteiger partial charge in [0.25, 0.3) is 5.91 Å². The average molecular weight is 349 g/mol. The van der Waals surface area contributed by atoms with E-state index in [4.69, 9.17) is 0 Å². The molecule has 2 aliphatic heterocycles. The highest BCUT2D eigenvalue weighted by molar-refractivity contribution is 5.95. The van der Waals surface area contributed by atoms with Crippen LogP contribution >= 0.6 is 0 Å². The summed E-state index contributed by atoms with van der Waals surface area (Å²) in [6, 6.07) is 13.0. The van der Waals surface area contributed by atoms with Crippen LogP contribution in [0.2, 0.25) is 0 Å². The van der Waals surface area contributed by atoms with E-state index in [9.17, 15) is 4.79 Å². The van der Waals surface area contributed by atoms with Crippen LogP contribution in [0.15, 0.2) is 48.8 Å². The first-order chi connectivity index (χ1) is 12.7. The Labute approximate surface area is 155 Å². The maximum atomic E-state index is 13.1. The Hall–Kier alpha value is -2.20. The third kappa shape index (κ3) is 2.73. The summed E-state index contributed by atoms with van der Waals surface area (Å²) in [5.74, 6) is -0.000434. The van der Waals surface area contributed by atoms with Crippen molar-refractivity contribution >= 4 is 5.91 Å². The zero-order chi connectivity index (χ0) is 18.1. The number of carbonyl (C=O) groups excluding carboxylic acids is 1. The molecule has 1 atom stereocenters. The average Bonchev–Trinajstić information content (AvgIpc) is 3.22. The van der Waals surface area contributed by atoms with Crippen molar-refractivity contribution < 1.29 is 4.79 Å². The van der Waals surface area contributed by atoms with E-state index in [0.717, 1.165) is 24.9 Å². The minimum atomic E-state index is -0.000434. The van der Waals surface area contributed by atoms with Crippen molar-refractivity contribution in [2.75, 3.05) is 6.54 Å². The Kier molecular flexibility index (Phi) is 4.53. The first kappa shape index (κ1) is 17.2. The molecule has 0 saturated carbocycles. The summed E-state index contributed by atoms with van der Waals surface area (Å²) in [5.41, 5.74) is 2.87. The maximum absolute atomic E-state index is 13.1. The lowest BCUT2D eigenvalue weighted by Gasteiger charge is -2.42. The van der Waals surface area contributed by atoms with Crippen LogP contribution in [0.4, 0.5) is 0 Å². The molecule has 2 aliphatic rings. The van der Waals surface area contributed by atoms with Gasteiger partial charge in [-0.25, -0.2) is 0 Å². The zero-order valence-electron chi connectivity index (χ0n) is 15.6. The summed E-state index contributed by atoms with van der Waals surface area (Å²) in [4.78, 5) is 19.9. The maximum Gasteiger partial charge on any atom is 0.252 e. The van der Waals surface area contributed by atoms with E-state index in [1.807, 2.05) is 19.1 Å². The molecule has 1 unspecified atom stereocenters. The summed E-state index contributed by atoms with van der Waals surface area (Å²) in [6.45, 7) is 5.23. The smallest absolute Gasteiger partial charge is 0.252 e. The molecule has 4 heteroatoms. The van der Waals surface area contributed by atoms with E-state index in [2.05, 4.69) is 46.4 Å². The SMILES string of the molecule is CCN1C2CCC1(C(NC(=O)c1ccncc1C)c1ccccc1)CC2. The monoisotopic (exact) mass is 349 g/mol. The largest absolute Gasteiger partial charge is 0.343 e. The standard InChI is InChI=1S/C22H27N3O/c1-3-25-18-9-12-22(25,13-10-18)20(17-7-5-4-6-8-17)24-21(26)19-11-14-23-15-16(19)2/h4-8,11,14-15,18,20H,3,9-10,12-13H2,1-2H3,(H,24,26).